The summed E-state index contributed by atoms with van der Waals surface area (Å²) in [6, 6.07) is -0.732. The number of hydrogen-bond donors (Lipinski definition) is 1. The predicted octanol–water partition coefficient (Wildman–Crippen LogP) is 2.39. The number of aliphatic hydroxyl groups excluding tert-OH is 1. The SMILES string of the molecule is C=CCCOC(=O)[C@H]1[C@H]2C(=O)N(CCO)C(C(=O)N(CC=C)C(C)(C)C)C23CC[C@]1(C)S3. The molecule has 3 heterocycles. The van der Waals surface area contributed by atoms with E-state index in [-0.39, 0.29) is 37.5 Å². The molecule has 3 aliphatic rings. The molecular formula is C24H36N2O5S. The lowest BCUT2D eigenvalue weighted by Gasteiger charge is -2.42. The van der Waals surface area contributed by atoms with Crippen molar-refractivity contribution in [2.45, 2.75) is 68.0 Å². The van der Waals surface area contributed by atoms with E-state index in [0.717, 1.165) is 6.42 Å². The third kappa shape index (κ3) is 3.79. The summed E-state index contributed by atoms with van der Waals surface area (Å²) in [7, 11) is 0. The zero-order chi connectivity index (χ0) is 23.9. The molecule has 0 aromatic carbocycles. The number of ether oxygens (including phenoxy) is 1. The Balaban J connectivity index is 2.04. The number of β-amino-alcohol motifs (C(OH)–C–C–N with tert-alkyl or cyclic N) is 1. The molecule has 1 spiro atoms. The van der Waals surface area contributed by atoms with E-state index in [4.69, 9.17) is 4.74 Å². The van der Waals surface area contributed by atoms with E-state index in [1.54, 1.807) is 28.8 Å². The monoisotopic (exact) mass is 464 g/mol. The lowest BCUT2D eigenvalue weighted by molar-refractivity contribution is -0.155. The van der Waals surface area contributed by atoms with Crippen molar-refractivity contribution < 1.29 is 24.2 Å². The van der Waals surface area contributed by atoms with Crippen LogP contribution < -0.4 is 0 Å². The van der Waals surface area contributed by atoms with Crippen molar-refractivity contribution >= 4 is 29.5 Å². The van der Waals surface area contributed by atoms with Crippen LogP contribution in [0, 0.1) is 11.8 Å². The lowest BCUT2D eigenvalue weighted by Crippen LogP contribution is -2.59. The Morgan fingerprint density at radius 2 is 2.00 bits per heavy atom. The van der Waals surface area contributed by atoms with Crippen LogP contribution in [0.15, 0.2) is 25.3 Å². The summed E-state index contributed by atoms with van der Waals surface area (Å²) in [6.07, 6.45) is 5.32. The van der Waals surface area contributed by atoms with E-state index >= 15 is 0 Å². The van der Waals surface area contributed by atoms with Crippen molar-refractivity contribution in [2.75, 3.05) is 26.3 Å². The van der Waals surface area contributed by atoms with Crippen molar-refractivity contribution in [3.8, 4) is 0 Å². The molecule has 5 atom stereocenters. The van der Waals surface area contributed by atoms with Crippen molar-refractivity contribution in [3.05, 3.63) is 25.3 Å². The maximum atomic E-state index is 14.0. The van der Waals surface area contributed by atoms with Gasteiger partial charge in [-0.3, -0.25) is 14.4 Å². The van der Waals surface area contributed by atoms with Crippen LogP contribution >= 0.6 is 11.8 Å². The maximum Gasteiger partial charge on any atom is 0.311 e. The second-order valence-corrected chi connectivity index (χ2v) is 12.0. The van der Waals surface area contributed by atoms with Gasteiger partial charge in [-0.15, -0.1) is 24.9 Å². The summed E-state index contributed by atoms with van der Waals surface area (Å²) < 4.78 is 4.35. The van der Waals surface area contributed by atoms with E-state index < -0.39 is 32.9 Å². The Morgan fingerprint density at radius 1 is 1.31 bits per heavy atom. The molecule has 2 bridgehead atoms. The van der Waals surface area contributed by atoms with Crippen LogP contribution in [0.2, 0.25) is 0 Å². The van der Waals surface area contributed by atoms with E-state index in [2.05, 4.69) is 13.2 Å². The summed E-state index contributed by atoms with van der Waals surface area (Å²) in [5, 5.41) is 9.70. The van der Waals surface area contributed by atoms with Crippen molar-refractivity contribution in [3.63, 3.8) is 0 Å². The number of amides is 2. The molecule has 32 heavy (non-hydrogen) atoms. The van der Waals surface area contributed by atoms with Gasteiger partial charge in [-0.1, -0.05) is 12.2 Å². The van der Waals surface area contributed by atoms with Gasteiger partial charge in [0, 0.05) is 23.4 Å². The number of carbonyl (C=O) groups excluding carboxylic acids is 3. The second kappa shape index (κ2) is 8.86. The fourth-order valence-corrected chi connectivity index (χ4v) is 8.05. The van der Waals surface area contributed by atoms with Crippen molar-refractivity contribution in [2.24, 2.45) is 11.8 Å². The molecule has 7 nitrogen and oxygen atoms in total. The van der Waals surface area contributed by atoms with Crippen molar-refractivity contribution in [1.82, 2.24) is 9.80 Å². The van der Waals surface area contributed by atoms with Gasteiger partial charge in [0.05, 0.1) is 29.8 Å². The van der Waals surface area contributed by atoms with Gasteiger partial charge < -0.3 is 19.6 Å². The average Bonchev–Trinajstić information content (AvgIpc) is 3.27. The zero-order valence-electron chi connectivity index (χ0n) is 19.6. The molecule has 0 aromatic rings. The summed E-state index contributed by atoms with van der Waals surface area (Å²) in [5.74, 6) is -2.00. The fourth-order valence-electron chi connectivity index (χ4n) is 5.71. The van der Waals surface area contributed by atoms with Gasteiger partial charge in [0.25, 0.3) is 0 Å². The highest BCUT2D eigenvalue weighted by molar-refractivity contribution is 8.02. The normalized spacial score (nSPS) is 33.2. The molecule has 3 saturated heterocycles. The largest absolute Gasteiger partial charge is 0.465 e. The van der Waals surface area contributed by atoms with Crippen LogP contribution in [0.5, 0.6) is 0 Å². The molecule has 0 aliphatic carbocycles. The zero-order valence-corrected chi connectivity index (χ0v) is 20.5. The number of likely N-dealkylation sites (tertiary alicyclic amines) is 1. The first-order valence-corrected chi connectivity index (χ1v) is 12.1. The number of thioether (sulfide) groups is 1. The van der Waals surface area contributed by atoms with E-state index in [1.165, 1.54) is 4.90 Å². The minimum Gasteiger partial charge on any atom is -0.465 e. The third-order valence-corrected chi connectivity index (χ3v) is 9.04. The van der Waals surface area contributed by atoms with Crippen LogP contribution in [0.25, 0.3) is 0 Å². The second-order valence-electron chi connectivity index (χ2n) is 10.1. The first-order valence-electron chi connectivity index (χ1n) is 11.3. The molecule has 1 N–H and O–H groups in total. The summed E-state index contributed by atoms with van der Waals surface area (Å²) in [4.78, 5) is 44.1. The maximum absolute atomic E-state index is 14.0. The molecule has 0 radical (unpaired) electrons. The molecule has 3 fully saturated rings. The third-order valence-electron chi connectivity index (χ3n) is 7.06. The quantitative estimate of drug-likeness (QED) is 0.320. The Morgan fingerprint density at radius 3 is 2.56 bits per heavy atom. The number of aliphatic hydroxyl groups is 1. The highest BCUT2D eigenvalue weighted by Gasteiger charge is 2.77. The van der Waals surface area contributed by atoms with Gasteiger partial charge in [0.1, 0.15) is 6.04 Å². The highest BCUT2D eigenvalue weighted by atomic mass is 32.2. The molecule has 2 amide bonds. The van der Waals surface area contributed by atoms with E-state index in [0.29, 0.717) is 19.4 Å². The summed E-state index contributed by atoms with van der Waals surface area (Å²) in [5.41, 5.74) is -0.470. The Kier molecular flexibility index (Phi) is 6.87. The highest BCUT2D eigenvalue weighted by Crippen LogP contribution is 2.71. The molecule has 3 rings (SSSR count). The van der Waals surface area contributed by atoms with Gasteiger partial charge in [-0.05, 0) is 47.0 Å². The van der Waals surface area contributed by atoms with Crippen LogP contribution in [-0.4, -0.2) is 80.1 Å². The fraction of sp³-hybridized carbons (Fsp3) is 0.708. The van der Waals surface area contributed by atoms with Crippen molar-refractivity contribution in [1.29, 1.82) is 0 Å². The van der Waals surface area contributed by atoms with Gasteiger partial charge in [0.2, 0.25) is 11.8 Å². The first-order chi connectivity index (χ1) is 15.0. The Hall–Kier alpha value is -1.80. The number of nitrogens with zero attached hydrogens (tertiary/aromatic N) is 2. The van der Waals surface area contributed by atoms with Crippen LogP contribution in [0.4, 0.5) is 0 Å². The van der Waals surface area contributed by atoms with Crippen LogP contribution in [0.1, 0.15) is 47.0 Å². The summed E-state index contributed by atoms with van der Waals surface area (Å²) >= 11 is 1.60. The van der Waals surface area contributed by atoms with E-state index in [1.807, 2.05) is 27.7 Å². The number of hydrogen-bond acceptors (Lipinski definition) is 6. The number of carbonyl (C=O) groups is 3. The number of rotatable bonds is 9. The number of esters is 1. The van der Waals surface area contributed by atoms with E-state index in [9.17, 15) is 19.5 Å². The molecule has 0 aromatic heterocycles. The molecule has 3 aliphatic heterocycles. The van der Waals surface area contributed by atoms with Gasteiger partial charge in [-0.2, -0.15) is 0 Å². The predicted molar refractivity (Wildman–Crippen MR) is 125 cm³/mol. The smallest absolute Gasteiger partial charge is 0.311 e. The minimum atomic E-state index is -0.732. The summed E-state index contributed by atoms with van der Waals surface area (Å²) in [6.45, 7) is 15.7. The number of fused-ring (bicyclic) bond motifs is 1. The lowest BCUT2D eigenvalue weighted by atomic mass is 9.66. The molecule has 8 heteroatoms. The molecular weight excluding hydrogens is 428 g/mol. The molecule has 0 saturated carbocycles. The topological polar surface area (TPSA) is 87.1 Å². The van der Waals surface area contributed by atoms with Gasteiger partial charge in [-0.25, -0.2) is 0 Å². The van der Waals surface area contributed by atoms with Gasteiger partial charge in [0.15, 0.2) is 0 Å². The molecule has 2 unspecified atom stereocenters. The minimum absolute atomic E-state index is 0.0646. The van der Waals surface area contributed by atoms with Gasteiger partial charge >= 0.3 is 5.97 Å². The molecule has 178 valence electrons. The van der Waals surface area contributed by atoms with Crippen LogP contribution in [0.3, 0.4) is 0 Å². The Labute approximate surface area is 195 Å². The Bertz CT molecular complexity index is 809. The first kappa shape index (κ1) is 24.8. The standard InChI is InChI=1S/C24H36N2O5S/c1-7-9-15-31-21(30)17-16-19(28)25(13-14-27)18(24(16)11-10-23(17,6)32-24)20(29)26(12-8-2)22(3,4)5/h7-8,16-18,27H,1-2,9-15H2,3-6H3/t16-,17+,18?,23-,24?/m0/s1. The van der Waals surface area contributed by atoms with Crippen LogP contribution in [-0.2, 0) is 19.1 Å². The average molecular weight is 465 g/mol.